The topological polar surface area (TPSA) is 59.1 Å². The average molecular weight is 352 g/mol. The summed E-state index contributed by atoms with van der Waals surface area (Å²) in [6.45, 7) is 8.18. The maximum atomic E-state index is 12.2. The van der Waals surface area contributed by atoms with Gasteiger partial charge in [0.25, 0.3) is 0 Å². The van der Waals surface area contributed by atoms with Crippen molar-refractivity contribution < 1.29 is 19.1 Å². The van der Waals surface area contributed by atoms with Crippen molar-refractivity contribution in [2.75, 3.05) is 39.4 Å². The number of amides is 2. The van der Waals surface area contributed by atoms with Gasteiger partial charge >= 0.3 is 0 Å². The fourth-order valence-electron chi connectivity index (χ4n) is 3.99. The highest BCUT2D eigenvalue weighted by molar-refractivity contribution is 5.78. The third-order valence-electron chi connectivity index (χ3n) is 5.60. The summed E-state index contributed by atoms with van der Waals surface area (Å²) in [4.78, 5) is 28.1. The van der Waals surface area contributed by atoms with Gasteiger partial charge in [0.2, 0.25) is 11.8 Å². The highest BCUT2D eigenvalue weighted by Crippen LogP contribution is 2.35. The van der Waals surface area contributed by atoms with Gasteiger partial charge in [-0.05, 0) is 31.6 Å². The summed E-state index contributed by atoms with van der Waals surface area (Å²) >= 11 is 0. The second-order valence-corrected chi connectivity index (χ2v) is 8.23. The van der Waals surface area contributed by atoms with Crippen LogP contribution in [0.5, 0.6) is 0 Å². The first-order valence-electron chi connectivity index (χ1n) is 9.78. The van der Waals surface area contributed by atoms with Gasteiger partial charge in [0, 0.05) is 32.5 Å². The summed E-state index contributed by atoms with van der Waals surface area (Å²) in [6.07, 6.45) is 5.45. The van der Waals surface area contributed by atoms with Crippen molar-refractivity contribution in [1.29, 1.82) is 0 Å². The Hall–Kier alpha value is -1.14. The summed E-state index contributed by atoms with van der Waals surface area (Å²) < 4.78 is 11.9. The number of hydrogen-bond donors (Lipinski definition) is 0. The fraction of sp³-hybridized carbons (Fsp3) is 0.895. The lowest BCUT2D eigenvalue weighted by atomic mass is 9.84. The minimum atomic E-state index is -0.243. The van der Waals surface area contributed by atoms with Gasteiger partial charge in [0.05, 0.1) is 19.2 Å². The van der Waals surface area contributed by atoms with Gasteiger partial charge in [-0.25, -0.2) is 0 Å². The van der Waals surface area contributed by atoms with Gasteiger partial charge in [-0.15, -0.1) is 0 Å². The third-order valence-corrected chi connectivity index (χ3v) is 5.60. The Bertz CT molecular complexity index is 482. The van der Waals surface area contributed by atoms with E-state index in [4.69, 9.17) is 9.47 Å². The van der Waals surface area contributed by atoms with E-state index >= 15 is 0 Å². The highest BCUT2D eigenvalue weighted by Gasteiger charge is 2.49. The molecule has 6 heteroatoms. The van der Waals surface area contributed by atoms with Crippen LogP contribution >= 0.6 is 0 Å². The minimum Gasteiger partial charge on any atom is -0.371 e. The van der Waals surface area contributed by atoms with Gasteiger partial charge in [0.1, 0.15) is 12.2 Å². The SMILES string of the molecule is CC(C)CCC(=O)N1CC2(CC(OCC(=O)N3CCCC3)CCO2)C1. The number of ether oxygens (including phenoxy) is 2. The molecule has 3 heterocycles. The van der Waals surface area contributed by atoms with E-state index in [1.807, 2.05) is 9.80 Å². The molecule has 6 nitrogen and oxygen atoms in total. The molecule has 0 aromatic heterocycles. The van der Waals surface area contributed by atoms with E-state index in [0.717, 1.165) is 45.2 Å². The standard InChI is InChI=1S/C19H32N2O4/c1-15(2)5-6-17(22)21-13-19(14-21)11-16(7-10-25-19)24-12-18(23)20-8-3-4-9-20/h15-16H,3-14H2,1-2H3. The largest absolute Gasteiger partial charge is 0.371 e. The molecule has 0 bridgehead atoms. The molecule has 3 aliphatic heterocycles. The molecule has 3 aliphatic rings. The smallest absolute Gasteiger partial charge is 0.248 e. The van der Waals surface area contributed by atoms with Crippen LogP contribution in [0.2, 0.25) is 0 Å². The molecule has 0 aromatic rings. The molecule has 0 aromatic carbocycles. The molecule has 0 radical (unpaired) electrons. The van der Waals surface area contributed by atoms with Gasteiger partial charge in [-0.3, -0.25) is 9.59 Å². The Morgan fingerprint density at radius 2 is 1.88 bits per heavy atom. The summed E-state index contributed by atoms with van der Waals surface area (Å²) in [7, 11) is 0. The van der Waals surface area contributed by atoms with Gasteiger partial charge in [0.15, 0.2) is 0 Å². The Morgan fingerprint density at radius 1 is 1.16 bits per heavy atom. The zero-order chi connectivity index (χ0) is 17.9. The first-order chi connectivity index (χ1) is 12.0. The molecule has 0 saturated carbocycles. The van der Waals surface area contributed by atoms with E-state index in [1.54, 1.807) is 0 Å². The molecule has 2 amide bonds. The normalized spacial score (nSPS) is 25.5. The van der Waals surface area contributed by atoms with Crippen LogP contribution in [0.25, 0.3) is 0 Å². The van der Waals surface area contributed by atoms with E-state index < -0.39 is 0 Å². The predicted molar refractivity (Wildman–Crippen MR) is 94.1 cm³/mol. The van der Waals surface area contributed by atoms with E-state index in [0.29, 0.717) is 32.0 Å². The Balaban J connectivity index is 1.40. The molecular formula is C19H32N2O4. The van der Waals surface area contributed by atoms with Crippen molar-refractivity contribution >= 4 is 11.8 Å². The van der Waals surface area contributed by atoms with E-state index in [2.05, 4.69) is 13.8 Å². The summed E-state index contributed by atoms with van der Waals surface area (Å²) in [6, 6.07) is 0. The number of hydrogen-bond acceptors (Lipinski definition) is 4. The second kappa shape index (κ2) is 8.04. The van der Waals surface area contributed by atoms with Gasteiger partial charge < -0.3 is 19.3 Å². The van der Waals surface area contributed by atoms with Gasteiger partial charge in [-0.1, -0.05) is 13.8 Å². The number of carbonyl (C=O) groups excluding carboxylic acids is 2. The lowest BCUT2D eigenvalue weighted by Gasteiger charge is -2.53. The molecular weight excluding hydrogens is 320 g/mol. The Morgan fingerprint density at radius 3 is 2.56 bits per heavy atom. The van der Waals surface area contributed by atoms with Crippen molar-refractivity contribution in [2.45, 2.75) is 64.1 Å². The van der Waals surface area contributed by atoms with Crippen LogP contribution in [-0.4, -0.2) is 72.7 Å². The number of likely N-dealkylation sites (tertiary alicyclic amines) is 2. The Kier molecular flexibility index (Phi) is 6.00. The number of rotatable bonds is 6. The van der Waals surface area contributed by atoms with Crippen LogP contribution in [0.1, 0.15) is 52.4 Å². The van der Waals surface area contributed by atoms with Crippen LogP contribution in [0.4, 0.5) is 0 Å². The zero-order valence-electron chi connectivity index (χ0n) is 15.7. The summed E-state index contributed by atoms with van der Waals surface area (Å²) in [5.74, 6) is 0.892. The molecule has 0 N–H and O–H groups in total. The molecule has 3 saturated heterocycles. The van der Waals surface area contributed by atoms with Crippen LogP contribution in [0, 0.1) is 5.92 Å². The van der Waals surface area contributed by atoms with Crippen LogP contribution in [0.15, 0.2) is 0 Å². The van der Waals surface area contributed by atoms with Crippen molar-refractivity contribution in [2.24, 2.45) is 5.92 Å². The molecule has 25 heavy (non-hydrogen) atoms. The van der Waals surface area contributed by atoms with E-state index in [9.17, 15) is 9.59 Å². The van der Waals surface area contributed by atoms with E-state index in [-0.39, 0.29) is 30.1 Å². The summed E-state index contributed by atoms with van der Waals surface area (Å²) in [5.41, 5.74) is -0.243. The van der Waals surface area contributed by atoms with Crippen LogP contribution in [-0.2, 0) is 19.1 Å². The lowest BCUT2D eigenvalue weighted by Crippen LogP contribution is -2.67. The number of nitrogens with zero attached hydrogens (tertiary/aromatic N) is 2. The maximum Gasteiger partial charge on any atom is 0.248 e. The first kappa shape index (κ1) is 18.6. The van der Waals surface area contributed by atoms with Crippen molar-refractivity contribution in [3.8, 4) is 0 Å². The van der Waals surface area contributed by atoms with Crippen molar-refractivity contribution in [3.63, 3.8) is 0 Å². The van der Waals surface area contributed by atoms with Crippen LogP contribution in [0.3, 0.4) is 0 Å². The predicted octanol–water partition coefficient (Wildman–Crippen LogP) is 1.82. The third kappa shape index (κ3) is 4.73. The fourth-order valence-corrected chi connectivity index (χ4v) is 3.99. The quantitative estimate of drug-likeness (QED) is 0.732. The second-order valence-electron chi connectivity index (χ2n) is 8.23. The Labute approximate surface area is 150 Å². The highest BCUT2D eigenvalue weighted by atomic mass is 16.5. The molecule has 3 fully saturated rings. The monoisotopic (exact) mass is 352 g/mol. The minimum absolute atomic E-state index is 0.0632. The average Bonchev–Trinajstić information content (AvgIpc) is 3.10. The van der Waals surface area contributed by atoms with Crippen LogP contribution < -0.4 is 0 Å². The molecule has 1 spiro atoms. The van der Waals surface area contributed by atoms with Crippen molar-refractivity contribution in [1.82, 2.24) is 9.80 Å². The summed E-state index contributed by atoms with van der Waals surface area (Å²) in [5, 5.41) is 0. The molecule has 1 atom stereocenters. The zero-order valence-corrected chi connectivity index (χ0v) is 15.7. The van der Waals surface area contributed by atoms with Crippen molar-refractivity contribution in [3.05, 3.63) is 0 Å². The lowest BCUT2D eigenvalue weighted by molar-refractivity contribution is -0.202. The maximum absolute atomic E-state index is 12.2. The number of carbonyl (C=O) groups is 2. The van der Waals surface area contributed by atoms with E-state index in [1.165, 1.54) is 0 Å². The molecule has 1 unspecified atom stereocenters. The first-order valence-corrected chi connectivity index (χ1v) is 9.78. The molecule has 142 valence electrons. The van der Waals surface area contributed by atoms with Gasteiger partial charge in [-0.2, -0.15) is 0 Å². The molecule has 0 aliphatic carbocycles. The molecule has 3 rings (SSSR count).